The summed E-state index contributed by atoms with van der Waals surface area (Å²) in [4.78, 5) is 24.6. The van der Waals surface area contributed by atoms with Crippen LogP contribution in [0.3, 0.4) is 0 Å². The van der Waals surface area contributed by atoms with Crippen molar-refractivity contribution in [1.29, 1.82) is 0 Å². The van der Waals surface area contributed by atoms with Crippen LogP contribution in [0.2, 0.25) is 0 Å². The number of rotatable bonds is 11. The van der Waals surface area contributed by atoms with E-state index in [9.17, 15) is 9.59 Å². The summed E-state index contributed by atoms with van der Waals surface area (Å²) in [6.07, 6.45) is 4.57. The van der Waals surface area contributed by atoms with Crippen molar-refractivity contribution < 1.29 is 19.1 Å². The van der Waals surface area contributed by atoms with E-state index in [4.69, 9.17) is 9.47 Å². The minimum absolute atomic E-state index is 0.362. The fraction of sp³-hybridized carbons (Fsp3) is 0.882. The van der Waals surface area contributed by atoms with Gasteiger partial charge >= 0.3 is 11.9 Å². The lowest BCUT2D eigenvalue weighted by Crippen LogP contribution is -2.41. The van der Waals surface area contributed by atoms with Crippen molar-refractivity contribution >= 4 is 11.9 Å². The summed E-state index contributed by atoms with van der Waals surface area (Å²) < 4.78 is 10.6. The quantitative estimate of drug-likeness (QED) is 0.327. The highest BCUT2D eigenvalue weighted by atomic mass is 16.6. The molecule has 0 spiro atoms. The van der Waals surface area contributed by atoms with Gasteiger partial charge < -0.3 is 9.47 Å². The van der Waals surface area contributed by atoms with Gasteiger partial charge in [-0.15, -0.1) is 0 Å². The van der Waals surface area contributed by atoms with Crippen molar-refractivity contribution in [2.24, 2.45) is 11.3 Å². The van der Waals surface area contributed by atoms with Crippen LogP contribution in [0.25, 0.3) is 0 Å². The first-order valence-electron chi connectivity index (χ1n) is 8.29. The SMILES string of the molecule is CCCCCOC(=O)C(CC)(CC)C(=O)OCCC(C)C. The monoisotopic (exact) mass is 300 g/mol. The van der Waals surface area contributed by atoms with E-state index in [0.717, 1.165) is 25.7 Å². The van der Waals surface area contributed by atoms with Crippen molar-refractivity contribution in [3.05, 3.63) is 0 Å². The zero-order valence-electron chi connectivity index (χ0n) is 14.4. The zero-order valence-corrected chi connectivity index (χ0v) is 14.4. The third kappa shape index (κ3) is 6.49. The Morgan fingerprint density at radius 3 is 1.86 bits per heavy atom. The van der Waals surface area contributed by atoms with Crippen LogP contribution in [0.15, 0.2) is 0 Å². The fourth-order valence-electron chi connectivity index (χ4n) is 2.09. The third-order valence-electron chi connectivity index (χ3n) is 3.90. The maximum atomic E-state index is 12.3. The second kappa shape index (κ2) is 10.6. The first-order chi connectivity index (χ1) is 9.94. The Labute approximate surface area is 129 Å². The maximum Gasteiger partial charge on any atom is 0.323 e. The van der Waals surface area contributed by atoms with Crippen LogP contribution in [0, 0.1) is 11.3 Å². The molecular weight excluding hydrogens is 268 g/mol. The number of unbranched alkanes of at least 4 members (excludes halogenated alkanes) is 2. The van der Waals surface area contributed by atoms with Gasteiger partial charge in [0.1, 0.15) is 0 Å². The largest absolute Gasteiger partial charge is 0.465 e. The molecule has 0 aromatic heterocycles. The predicted molar refractivity (Wildman–Crippen MR) is 83.9 cm³/mol. The van der Waals surface area contributed by atoms with Crippen molar-refractivity contribution in [1.82, 2.24) is 0 Å². The van der Waals surface area contributed by atoms with E-state index in [2.05, 4.69) is 20.8 Å². The van der Waals surface area contributed by atoms with Gasteiger partial charge in [0, 0.05) is 0 Å². The molecule has 0 rings (SSSR count). The van der Waals surface area contributed by atoms with Crippen molar-refractivity contribution in [3.63, 3.8) is 0 Å². The van der Waals surface area contributed by atoms with Gasteiger partial charge in [0.2, 0.25) is 0 Å². The van der Waals surface area contributed by atoms with Crippen molar-refractivity contribution in [2.75, 3.05) is 13.2 Å². The molecule has 124 valence electrons. The summed E-state index contributed by atoms with van der Waals surface area (Å²) in [5.74, 6) is -0.400. The molecule has 0 saturated heterocycles. The molecule has 0 aliphatic carbocycles. The first-order valence-corrected chi connectivity index (χ1v) is 8.29. The standard InChI is InChI=1S/C17H32O4/c1-6-9-10-12-20-15(18)17(7-2,8-3)16(19)21-13-11-14(4)5/h14H,6-13H2,1-5H3. The third-order valence-corrected chi connectivity index (χ3v) is 3.90. The van der Waals surface area contributed by atoms with Gasteiger partial charge in [-0.2, -0.15) is 0 Å². The van der Waals surface area contributed by atoms with Crippen LogP contribution in [-0.2, 0) is 19.1 Å². The van der Waals surface area contributed by atoms with E-state index in [1.807, 2.05) is 13.8 Å². The molecule has 0 aliphatic rings. The number of ether oxygens (including phenoxy) is 2. The number of carbonyl (C=O) groups excluding carboxylic acids is 2. The van der Waals surface area contributed by atoms with Gasteiger partial charge in [0.25, 0.3) is 0 Å². The van der Waals surface area contributed by atoms with E-state index >= 15 is 0 Å². The van der Waals surface area contributed by atoms with Crippen LogP contribution >= 0.6 is 0 Å². The molecule has 0 bridgehead atoms. The summed E-state index contributed by atoms with van der Waals surface area (Å²) in [6, 6.07) is 0. The zero-order chi connectivity index (χ0) is 16.3. The Balaban J connectivity index is 4.57. The summed E-state index contributed by atoms with van der Waals surface area (Å²) >= 11 is 0. The Morgan fingerprint density at radius 1 is 0.905 bits per heavy atom. The van der Waals surface area contributed by atoms with Gasteiger partial charge in [-0.25, -0.2) is 0 Å². The molecule has 0 unspecified atom stereocenters. The molecule has 4 nitrogen and oxygen atoms in total. The molecule has 0 amide bonds. The van der Waals surface area contributed by atoms with Crippen LogP contribution in [0.4, 0.5) is 0 Å². The number of esters is 2. The Kier molecular flexibility index (Phi) is 10.1. The molecule has 0 fully saturated rings. The Hall–Kier alpha value is -1.06. The summed E-state index contributed by atoms with van der Waals surface area (Å²) in [7, 11) is 0. The average Bonchev–Trinajstić information content (AvgIpc) is 2.45. The van der Waals surface area contributed by atoms with E-state index in [-0.39, 0.29) is 0 Å². The molecule has 4 heteroatoms. The van der Waals surface area contributed by atoms with Crippen LogP contribution in [0.1, 0.15) is 73.1 Å². The van der Waals surface area contributed by atoms with Crippen LogP contribution < -0.4 is 0 Å². The van der Waals surface area contributed by atoms with Gasteiger partial charge in [-0.05, 0) is 31.6 Å². The second-order valence-corrected chi connectivity index (χ2v) is 5.95. The molecule has 0 aliphatic heterocycles. The van der Waals surface area contributed by atoms with Crippen molar-refractivity contribution in [2.45, 2.75) is 73.1 Å². The average molecular weight is 300 g/mol. The highest BCUT2D eigenvalue weighted by molar-refractivity contribution is 5.99. The molecule has 0 heterocycles. The molecular formula is C17H32O4. The van der Waals surface area contributed by atoms with Crippen LogP contribution in [-0.4, -0.2) is 25.2 Å². The number of hydrogen-bond acceptors (Lipinski definition) is 4. The maximum absolute atomic E-state index is 12.3. The molecule has 0 atom stereocenters. The lowest BCUT2D eigenvalue weighted by Gasteiger charge is -2.27. The first kappa shape index (κ1) is 19.9. The van der Waals surface area contributed by atoms with E-state index in [1.54, 1.807) is 0 Å². The van der Waals surface area contributed by atoms with Gasteiger partial charge in [0.15, 0.2) is 5.41 Å². The summed E-state index contributed by atoms with van der Waals surface area (Å²) in [6.45, 7) is 10.7. The van der Waals surface area contributed by atoms with Crippen molar-refractivity contribution in [3.8, 4) is 0 Å². The van der Waals surface area contributed by atoms with E-state index < -0.39 is 17.4 Å². The summed E-state index contributed by atoms with van der Waals surface area (Å²) in [5.41, 5.74) is -1.14. The second-order valence-electron chi connectivity index (χ2n) is 5.95. The minimum Gasteiger partial charge on any atom is -0.465 e. The normalized spacial score (nSPS) is 11.5. The molecule has 0 saturated carbocycles. The minimum atomic E-state index is -1.14. The predicted octanol–water partition coefficient (Wildman–Crippen LogP) is 4.12. The molecule has 21 heavy (non-hydrogen) atoms. The van der Waals surface area contributed by atoms with Gasteiger partial charge in [-0.1, -0.05) is 47.5 Å². The lowest BCUT2D eigenvalue weighted by molar-refractivity contribution is -0.173. The molecule has 0 radical (unpaired) electrons. The van der Waals surface area contributed by atoms with Gasteiger partial charge in [0.05, 0.1) is 13.2 Å². The topological polar surface area (TPSA) is 52.6 Å². The molecule has 0 aromatic carbocycles. The highest BCUT2D eigenvalue weighted by Gasteiger charge is 2.45. The van der Waals surface area contributed by atoms with E-state index in [1.165, 1.54) is 0 Å². The van der Waals surface area contributed by atoms with E-state index in [0.29, 0.717) is 32.0 Å². The van der Waals surface area contributed by atoms with Crippen LogP contribution in [0.5, 0.6) is 0 Å². The summed E-state index contributed by atoms with van der Waals surface area (Å²) in [5, 5.41) is 0. The number of hydrogen-bond donors (Lipinski definition) is 0. The smallest absolute Gasteiger partial charge is 0.323 e. The highest BCUT2D eigenvalue weighted by Crippen LogP contribution is 2.30. The molecule has 0 N–H and O–H groups in total. The lowest BCUT2D eigenvalue weighted by atomic mass is 9.82. The Bertz CT molecular complexity index is 306. The molecule has 0 aromatic rings. The van der Waals surface area contributed by atoms with Gasteiger partial charge in [-0.3, -0.25) is 9.59 Å². The fourth-order valence-corrected chi connectivity index (χ4v) is 2.09. The number of carbonyl (C=O) groups is 2. The Morgan fingerprint density at radius 2 is 1.43 bits per heavy atom.